The van der Waals surface area contributed by atoms with Gasteiger partial charge in [0.1, 0.15) is 5.75 Å². The summed E-state index contributed by atoms with van der Waals surface area (Å²) in [6, 6.07) is 17.2. The Morgan fingerprint density at radius 1 is 0.782 bits per heavy atom. The molecule has 2 amide bonds. The van der Waals surface area contributed by atoms with Crippen molar-refractivity contribution in [3.05, 3.63) is 101 Å². The lowest BCUT2D eigenvalue weighted by Gasteiger charge is -2.41. The van der Waals surface area contributed by atoms with Gasteiger partial charge in [0.15, 0.2) is 6.04 Å². The van der Waals surface area contributed by atoms with E-state index in [0.29, 0.717) is 58.4 Å². The first-order chi connectivity index (χ1) is 26.2. The fraction of sp³-hybridized carbons (Fsp3) is 0.390. The Kier molecular flexibility index (Phi) is 10.8. The fourth-order valence-corrected chi connectivity index (χ4v) is 8.20. The van der Waals surface area contributed by atoms with E-state index in [1.54, 1.807) is 42.5 Å². The second-order valence-corrected chi connectivity index (χ2v) is 15.0. The molecule has 7 rings (SSSR count). The van der Waals surface area contributed by atoms with E-state index in [-0.39, 0.29) is 17.7 Å². The zero-order chi connectivity index (χ0) is 39.1. The first kappa shape index (κ1) is 38.5. The fourth-order valence-electron chi connectivity index (χ4n) is 8.07. The van der Waals surface area contributed by atoms with E-state index < -0.39 is 59.7 Å². The normalized spacial score (nSPS) is 21.3. The molecule has 1 aliphatic carbocycles. The van der Waals surface area contributed by atoms with Crippen LogP contribution in [-0.4, -0.2) is 59.1 Å². The number of hydrogen-bond donors (Lipinski definition) is 2. The van der Waals surface area contributed by atoms with Crippen molar-refractivity contribution in [2.75, 3.05) is 0 Å². The summed E-state index contributed by atoms with van der Waals surface area (Å²) in [4.78, 5) is 41.9. The van der Waals surface area contributed by atoms with Gasteiger partial charge < -0.3 is 25.4 Å². The smallest absolute Gasteiger partial charge is 0.490 e. The minimum atomic E-state index is -5.52. The number of piperidine rings is 1. The highest BCUT2D eigenvalue weighted by atomic mass is 35.5. The van der Waals surface area contributed by atoms with Crippen molar-refractivity contribution in [3.63, 3.8) is 0 Å². The molecule has 0 radical (unpaired) electrons. The first-order valence-corrected chi connectivity index (χ1v) is 18.7. The molecule has 1 saturated carbocycles. The number of nitrogens with zero attached hydrogens (tertiary/aromatic N) is 1. The van der Waals surface area contributed by atoms with E-state index in [0.717, 1.165) is 37.8 Å². The zero-order valence-electron chi connectivity index (χ0n) is 29.5. The Bertz CT molecular complexity index is 2040. The SMILES string of the molecule is NC1CC2CCC(C1)N2C(=O)[C@@H](NC(=O)[C@H](OC(=O)C(F)(F)F)c1ccc2cc(OC3CCCC3)ccc2c1)C(F)(F)c1ccc(-c2ccc(Cl)cc2)cc1. The molecular formula is C41H39ClF5N3O5. The summed E-state index contributed by atoms with van der Waals surface area (Å²) < 4.78 is 85.2. The maximum Gasteiger partial charge on any atom is 0.490 e. The molecule has 3 aliphatic rings. The molecule has 2 aliphatic heterocycles. The molecule has 2 heterocycles. The minimum absolute atomic E-state index is 0.0682. The topological polar surface area (TPSA) is 111 Å². The quantitative estimate of drug-likeness (QED) is 0.124. The van der Waals surface area contributed by atoms with Crippen LogP contribution in [0.4, 0.5) is 22.0 Å². The van der Waals surface area contributed by atoms with Gasteiger partial charge in [-0.15, -0.1) is 0 Å². The van der Waals surface area contributed by atoms with Crippen LogP contribution in [0, 0.1) is 0 Å². The van der Waals surface area contributed by atoms with Gasteiger partial charge in [0.25, 0.3) is 11.8 Å². The summed E-state index contributed by atoms with van der Waals surface area (Å²) in [5.74, 6) is -8.85. The van der Waals surface area contributed by atoms with Gasteiger partial charge in [-0.25, -0.2) is 4.79 Å². The van der Waals surface area contributed by atoms with Crippen LogP contribution in [-0.2, 0) is 25.0 Å². The molecule has 290 valence electrons. The summed E-state index contributed by atoms with van der Waals surface area (Å²) in [6.45, 7) is 0. The highest BCUT2D eigenvalue weighted by Crippen LogP contribution is 2.41. The number of esters is 1. The van der Waals surface area contributed by atoms with Crippen LogP contribution in [0.1, 0.15) is 68.6 Å². The number of carbonyl (C=O) groups is 3. The van der Waals surface area contributed by atoms with E-state index in [2.05, 4.69) is 0 Å². The highest BCUT2D eigenvalue weighted by Gasteiger charge is 2.54. The van der Waals surface area contributed by atoms with E-state index in [1.165, 1.54) is 35.2 Å². The van der Waals surface area contributed by atoms with Crippen LogP contribution >= 0.6 is 11.6 Å². The van der Waals surface area contributed by atoms with Gasteiger partial charge in [-0.3, -0.25) is 9.59 Å². The predicted octanol–water partition coefficient (Wildman–Crippen LogP) is 8.39. The lowest BCUT2D eigenvalue weighted by atomic mass is 9.93. The summed E-state index contributed by atoms with van der Waals surface area (Å²) in [7, 11) is 0. The van der Waals surface area contributed by atoms with E-state index in [9.17, 15) is 27.6 Å². The van der Waals surface area contributed by atoms with Crippen LogP contribution in [0.25, 0.3) is 21.9 Å². The maximum absolute atomic E-state index is 16.8. The molecule has 4 atom stereocenters. The van der Waals surface area contributed by atoms with E-state index >= 15 is 8.78 Å². The van der Waals surface area contributed by atoms with Crippen molar-refractivity contribution >= 4 is 40.2 Å². The third kappa shape index (κ3) is 8.28. The molecule has 0 aromatic heterocycles. The van der Waals surface area contributed by atoms with Crippen molar-refractivity contribution in [1.29, 1.82) is 0 Å². The molecule has 8 nitrogen and oxygen atoms in total. The largest absolute Gasteiger partial charge is 0.490 e. The number of ether oxygens (including phenoxy) is 2. The first-order valence-electron chi connectivity index (χ1n) is 18.3. The van der Waals surface area contributed by atoms with Gasteiger partial charge in [0, 0.05) is 34.3 Å². The lowest BCUT2D eigenvalue weighted by molar-refractivity contribution is -0.206. The van der Waals surface area contributed by atoms with Crippen molar-refractivity contribution < 1.29 is 45.8 Å². The number of carbonyl (C=O) groups excluding carboxylic acids is 3. The van der Waals surface area contributed by atoms with Crippen molar-refractivity contribution in [1.82, 2.24) is 10.2 Å². The van der Waals surface area contributed by atoms with Crippen LogP contribution in [0.15, 0.2) is 84.9 Å². The monoisotopic (exact) mass is 783 g/mol. The third-order valence-electron chi connectivity index (χ3n) is 10.8. The number of nitrogens with one attached hydrogen (secondary N) is 1. The Labute approximate surface area is 319 Å². The molecule has 2 unspecified atom stereocenters. The average Bonchev–Trinajstić information content (AvgIpc) is 3.77. The summed E-state index contributed by atoms with van der Waals surface area (Å²) in [5, 5.41) is 3.60. The minimum Gasteiger partial charge on any atom is -0.490 e. The Morgan fingerprint density at radius 3 is 1.98 bits per heavy atom. The number of halogens is 6. The molecule has 4 aromatic rings. The van der Waals surface area contributed by atoms with E-state index in [1.807, 2.05) is 5.32 Å². The van der Waals surface area contributed by atoms with Crippen LogP contribution in [0.3, 0.4) is 0 Å². The molecular weight excluding hydrogens is 745 g/mol. The molecule has 2 saturated heterocycles. The molecule has 4 aromatic carbocycles. The standard InChI is InChI=1S/C41H39ClF5N3O5/c42-29-14-9-24(10-15-29)23-7-12-28(13-8-23)40(43,44)36(38(52)50-31-16-17-32(50)22-30(48)21-31)49-37(51)35(55-39(53)41(45,46)47)27-6-5-26-20-34(18-11-25(26)19-27)54-33-3-1-2-4-33/h5-15,18-20,30-33,35-36H,1-4,16-17,21-22,48H2,(H,49,51)/t30?,31?,32?,35-,36-/m1/s1. The molecule has 2 bridgehead atoms. The summed E-state index contributed by atoms with van der Waals surface area (Å²) in [5.41, 5.74) is 6.58. The molecule has 3 N–H and O–H groups in total. The van der Waals surface area contributed by atoms with Crippen LogP contribution < -0.4 is 15.8 Å². The maximum atomic E-state index is 16.8. The number of amides is 2. The predicted molar refractivity (Wildman–Crippen MR) is 195 cm³/mol. The zero-order valence-corrected chi connectivity index (χ0v) is 30.3. The number of benzene rings is 4. The van der Waals surface area contributed by atoms with Gasteiger partial charge in [0.05, 0.1) is 6.10 Å². The van der Waals surface area contributed by atoms with Gasteiger partial charge in [0.2, 0.25) is 6.10 Å². The number of rotatable bonds is 10. The number of nitrogens with two attached hydrogens (primary N) is 1. The molecule has 55 heavy (non-hydrogen) atoms. The van der Waals surface area contributed by atoms with Gasteiger partial charge in [-0.05, 0) is 104 Å². The molecule has 0 spiro atoms. The van der Waals surface area contributed by atoms with Crippen molar-refractivity contribution in [2.24, 2.45) is 5.73 Å². The summed E-state index contributed by atoms with van der Waals surface area (Å²) >= 11 is 5.99. The molecule has 3 fully saturated rings. The van der Waals surface area contributed by atoms with Gasteiger partial charge >= 0.3 is 18.1 Å². The Balaban J connectivity index is 1.22. The molecule has 14 heteroatoms. The van der Waals surface area contributed by atoms with Crippen LogP contribution in [0.2, 0.25) is 5.02 Å². The third-order valence-corrected chi connectivity index (χ3v) is 11.1. The van der Waals surface area contributed by atoms with Gasteiger partial charge in [-0.2, -0.15) is 22.0 Å². The number of alkyl halides is 5. The Hall–Kier alpha value is -4.75. The van der Waals surface area contributed by atoms with Crippen molar-refractivity contribution in [3.8, 4) is 16.9 Å². The van der Waals surface area contributed by atoms with E-state index in [4.69, 9.17) is 26.8 Å². The van der Waals surface area contributed by atoms with Crippen LogP contribution in [0.5, 0.6) is 5.75 Å². The van der Waals surface area contributed by atoms with Gasteiger partial charge in [-0.1, -0.05) is 66.2 Å². The van der Waals surface area contributed by atoms with Crippen molar-refractivity contribution in [2.45, 2.75) is 99.8 Å². The second-order valence-electron chi connectivity index (χ2n) is 14.6. The second kappa shape index (κ2) is 15.4. The number of fused-ring (bicyclic) bond motifs is 3. The average molecular weight is 784 g/mol. The Morgan fingerprint density at radius 2 is 1.36 bits per heavy atom. The highest BCUT2D eigenvalue weighted by molar-refractivity contribution is 6.30. The lowest BCUT2D eigenvalue weighted by Crippen LogP contribution is -2.61. The summed E-state index contributed by atoms with van der Waals surface area (Å²) in [6.07, 6.45) is -2.08. The number of hydrogen-bond acceptors (Lipinski definition) is 6.